The lowest BCUT2D eigenvalue weighted by atomic mass is 10.1. The van der Waals surface area contributed by atoms with Crippen molar-refractivity contribution in [1.29, 1.82) is 0 Å². The Bertz CT molecular complexity index is 1350. The molecule has 32 heavy (non-hydrogen) atoms. The molecule has 1 aliphatic heterocycles. The van der Waals surface area contributed by atoms with Gasteiger partial charge >= 0.3 is 0 Å². The summed E-state index contributed by atoms with van der Waals surface area (Å²) in [6.07, 6.45) is 3.84. The first-order valence-corrected chi connectivity index (χ1v) is 12.6. The molecule has 1 aliphatic rings. The molecule has 0 radical (unpaired) electrons. The number of thiophene rings is 2. The van der Waals surface area contributed by atoms with Crippen LogP contribution in [0.1, 0.15) is 23.1 Å². The second kappa shape index (κ2) is 8.89. The van der Waals surface area contributed by atoms with Crippen LogP contribution in [0, 0.1) is 0 Å². The van der Waals surface area contributed by atoms with Gasteiger partial charge in [0.15, 0.2) is 5.16 Å². The Morgan fingerprint density at radius 2 is 2.19 bits per heavy atom. The van der Waals surface area contributed by atoms with Crippen molar-refractivity contribution in [2.24, 2.45) is 5.10 Å². The van der Waals surface area contributed by atoms with Gasteiger partial charge in [-0.1, -0.05) is 23.9 Å². The molecule has 0 fully saturated rings. The van der Waals surface area contributed by atoms with Gasteiger partial charge in [-0.15, -0.1) is 29.3 Å². The van der Waals surface area contributed by atoms with E-state index in [4.69, 9.17) is 4.42 Å². The number of furan rings is 1. The minimum Gasteiger partial charge on any atom is -0.463 e. The fourth-order valence-corrected chi connectivity index (χ4v) is 6.04. The predicted octanol–water partition coefficient (Wildman–Crippen LogP) is 4.77. The van der Waals surface area contributed by atoms with Crippen LogP contribution in [0.2, 0.25) is 0 Å². The maximum absolute atomic E-state index is 13.2. The molecular formula is C22H18N4O3S3. The summed E-state index contributed by atoms with van der Waals surface area (Å²) in [4.78, 5) is 32.4. The predicted molar refractivity (Wildman–Crippen MR) is 129 cm³/mol. The average Bonchev–Trinajstić information content (AvgIpc) is 3.60. The highest BCUT2D eigenvalue weighted by Gasteiger charge is 2.34. The van der Waals surface area contributed by atoms with Crippen molar-refractivity contribution in [2.75, 3.05) is 5.75 Å². The van der Waals surface area contributed by atoms with Crippen molar-refractivity contribution in [2.45, 2.75) is 24.2 Å². The molecule has 162 valence electrons. The number of allylic oxidation sites excluding steroid dienone is 1. The largest absolute Gasteiger partial charge is 0.463 e. The maximum atomic E-state index is 13.2. The Balaban J connectivity index is 1.42. The molecule has 0 spiro atoms. The van der Waals surface area contributed by atoms with E-state index in [2.05, 4.69) is 16.7 Å². The zero-order valence-electron chi connectivity index (χ0n) is 16.8. The highest BCUT2D eigenvalue weighted by atomic mass is 32.2. The molecule has 1 amide bonds. The quantitative estimate of drug-likeness (QED) is 0.215. The van der Waals surface area contributed by atoms with Gasteiger partial charge < -0.3 is 4.42 Å². The summed E-state index contributed by atoms with van der Waals surface area (Å²) in [7, 11) is 0. The molecule has 1 unspecified atom stereocenters. The minimum absolute atomic E-state index is 0.108. The zero-order valence-corrected chi connectivity index (χ0v) is 19.3. The smallest absolute Gasteiger partial charge is 0.263 e. The fourth-order valence-electron chi connectivity index (χ4n) is 3.56. The molecule has 0 aliphatic carbocycles. The number of rotatable bonds is 7. The van der Waals surface area contributed by atoms with Gasteiger partial charge in [0.05, 0.1) is 23.4 Å². The van der Waals surface area contributed by atoms with Gasteiger partial charge in [-0.2, -0.15) is 5.10 Å². The number of thioether (sulfide) groups is 1. The second-order valence-electron chi connectivity index (χ2n) is 7.02. The van der Waals surface area contributed by atoms with Crippen LogP contribution in [-0.2, 0) is 11.3 Å². The number of hydrogen-bond donors (Lipinski definition) is 0. The van der Waals surface area contributed by atoms with Crippen molar-refractivity contribution < 1.29 is 9.21 Å². The van der Waals surface area contributed by atoms with Gasteiger partial charge in [0.1, 0.15) is 16.3 Å². The third-order valence-corrected chi connectivity index (χ3v) is 7.77. The van der Waals surface area contributed by atoms with Crippen LogP contribution in [0.15, 0.2) is 79.5 Å². The van der Waals surface area contributed by atoms with Gasteiger partial charge in [0, 0.05) is 17.8 Å². The summed E-state index contributed by atoms with van der Waals surface area (Å²) < 4.78 is 7.06. The van der Waals surface area contributed by atoms with Crippen LogP contribution >= 0.6 is 34.4 Å². The minimum atomic E-state index is -0.175. The number of fused-ring (bicyclic) bond motifs is 1. The van der Waals surface area contributed by atoms with E-state index in [1.54, 1.807) is 34.3 Å². The number of hydrogen-bond acceptors (Lipinski definition) is 8. The Morgan fingerprint density at radius 3 is 2.94 bits per heavy atom. The summed E-state index contributed by atoms with van der Waals surface area (Å²) in [5, 5.41) is 11.1. The van der Waals surface area contributed by atoms with E-state index in [1.165, 1.54) is 28.1 Å². The van der Waals surface area contributed by atoms with Crippen LogP contribution in [0.4, 0.5) is 0 Å². The lowest BCUT2D eigenvalue weighted by Crippen LogP contribution is -2.29. The number of carbonyl (C=O) groups excluding carboxylic acids is 1. The third kappa shape index (κ3) is 3.85. The average molecular weight is 483 g/mol. The summed E-state index contributed by atoms with van der Waals surface area (Å²) in [6.45, 7) is 4.07. The van der Waals surface area contributed by atoms with Crippen molar-refractivity contribution in [3.05, 3.63) is 81.0 Å². The standard InChI is InChI=1S/C22H18N4O3S3/c1-2-8-25-21(28)14-7-11-31-20(14)23-22(25)32-13-19(27)26-16(18-6-4-10-30-18)12-15(24-26)17-5-3-9-29-17/h2-7,9-11,16H,1,8,12-13H2. The van der Waals surface area contributed by atoms with E-state index in [0.717, 1.165) is 10.6 Å². The van der Waals surface area contributed by atoms with E-state index < -0.39 is 0 Å². The van der Waals surface area contributed by atoms with Crippen LogP contribution in [0.25, 0.3) is 10.2 Å². The molecule has 0 saturated carbocycles. The van der Waals surface area contributed by atoms with Gasteiger partial charge in [-0.25, -0.2) is 9.99 Å². The first-order valence-electron chi connectivity index (χ1n) is 9.84. The molecule has 4 aromatic rings. The molecule has 5 rings (SSSR count). The molecule has 4 aromatic heterocycles. The van der Waals surface area contributed by atoms with E-state index in [1.807, 2.05) is 35.0 Å². The van der Waals surface area contributed by atoms with Crippen LogP contribution in [0.3, 0.4) is 0 Å². The Hall–Kier alpha value is -2.95. The first-order chi connectivity index (χ1) is 15.7. The van der Waals surface area contributed by atoms with Crippen LogP contribution in [-0.4, -0.2) is 31.9 Å². The molecule has 0 N–H and O–H groups in total. The Labute approximate surface area is 195 Å². The number of aromatic nitrogens is 2. The van der Waals surface area contributed by atoms with Crippen molar-refractivity contribution in [1.82, 2.24) is 14.6 Å². The van der Waals surface area contributed by atoms with Gasteiger partial charge in [-0.3, -0.25) is 14.2 Å². The molecule has 1 atom stereocenters. The SMILES string of the molecule is C=CCn1c(SCC(=O)N2N=C(c3ccco3)CC2c2cccs2)nc2sccc2c1=O. The number of carbonyl (C=O) groups is 1. The Kier molecular flexibility index (Phi) is 5.81. The number of amides is 1. The van der Waals surface area contributed by atoms with E-state index >= 15 is 0 Å². The number of nitrogens with zero attached hydrogens (tertiary/aromatic N) is 4. The summed E-state index contributed by atoms with van der Waals surface area (Å²) in [5.41, 5.74) is 0.621. The van der Waals surface area contributed by atoms with Gasteiger partial charge in [0.2, 0.25) is 0 Å². The van der Waals surface area contributed by atoms with Crippen LogP contribution < -0.4 is 5.56 Å². The fraction of sp³-hybridized carbons (Fsp3) is 0.182. The topological polar surface area (TPSA) is 80.7 Å². The first kappa shape index (κ1) is 20.9. The molecule has 0 aromatic carbocycles. The van der Waals surface area contributed by atoms with Gasteiger partial charge in [0.25, 0.3) is 11.5 Å². The van der Waals surface area contributed by atoms with Crippen molar-refractivity contribution >= 4 is 56.3 Å². The van der Waals surface area contributed by atoms with Crippen molar-refractivity contribution in [3.8, 4) is 0 Å². The van der Waals surface area contributed by atoms with E-state index in [-0.39, 0.29) is 23.3 Å². The molecule has 0 saturated heterocycles. The highest BCUT2D eigenvalue weighted by molar-refractivity contribution is 7.99. The normalized spacial score (nSPS) is 15.9. The molecule has 7 nitrogen and oxygen atoms in total. The molecule has 5 heterocycles. The zero-order chi connectivity index (χ0) is 22.1. The lowest BCUT2D eigenvalue weighted by molar-refractivity contribution is -0.130. The molecule has 10 heteroatoms. The number of hydrazone groups is 1. The summed E-state index contributed by atoms with van der Waals surface area (Å²) >= 11 is 4.25. The molecular weight excluding hydrogens is 464 g/mol. The van der Waals surface area contributed by atoms with Crippen LogP contribution in [0.5, 0.6) is 0 Å². The van der Waals surface area contributed by atoms with E-state index in [0.29, 0.717) is 34.1 Å². The Morgan fingerprint density at radius 1 is 1.28 bits per heavy atom. The monoisotopic (exact) mass is 482 g/mol. The van der Waals surface area contributed by atoms with Crippen molar-refractivity contribution in [3.63, 3.8) is 0 Å². The maximum Gasteiger partial charge on any atom is 0.263 e. The molecule has 0 bridgehead atoms. The summed E-state index contributed by atoms with van der Waals surface area (Å²) in [5.74, 6) is 0.622. The third-order valence-electron chi connectivity index (χ3n) is 5.03. The highest BCUT2D eigenvalue weighted by Crippen LogP contribution is 2.36. The van der Waals surface area contributed by atoms with E-state index in [9.17, 15) is 9.59 Å². The second-order valence-corrected chi connectivity index (χ2v) is 9.84. The summed E-state index contributed by atoms with van der Waals surface area (Å²) in [6, 6.07) is 9.24. The lowest BCUT2D eigenvalue weighted by Gasteiger charge is -2.20. The van der Waals surface area contributed by atoms with Gasteiger partial charge in [-0.05, 0) is 35.0 Å².